The van der Waals surface area contributed by atoms with Gasteiger partial charge in [0.2, 0.25) is 29.5 Å². The third kappa shape index (κ3) is 12.4. The molecule has 1 saturated carbocycles. The van der Waals surface area contributed by atoms with Gasteiger partial charge in [-0.3, -0.25) is 24.0 Å². The topological polar surface area (TPSA) is 257 Å². The molecule has 0 radical (unpaired) electrons. The van der Waals surface area contributed by atoms with Crippen molar-refractivity contribution in [1.82, 2.24) is 26.2 Å². The lowest BCUT2D eigenvalue weighted by atomic mass is 9.77. The van der Waals surface area contributed by atoms with Gasteiger partial charge in [-0.25, -0.2) is 0 Å². The van der Waals surface area contributed by atoms with Gasteiger partial charge < -0.3 is 52.8 Å². The largest absolute Gasteiger partial charge is 0.492 e. The maximum Gasteiger partial charge on any atom is 0.248 e. The van der Waals surface area contributed by atoms with Gasteiger partial charge in [0.1, 0.15) is 55.4 Å². The Hall–Kier alpha value is -6.02. The molecule has 1 aliphatic carbocycles. The lowest BCUT2D eigenvalue weighted by molar-refractivity contribution is -0.143. The van der Waals surface area contributed by atoms with Gasteiger partial charge in [-0.2, -0.15) is 5.26 Å². The summed E-state index contributed by atoms with van der Waals surface area (Å²) in [4.78, 5) is 71.4. The number of amides is 5. The average Bonchev–Trinajstić information content (AvgIpc) is 3.28. The Balaban J connectivity index is 1.49. The highest BCUT2D eigenvalue weighted by Gasteiger charge is 2.37. The zero-order valence-electron chi connectivity index (χ0n) is 37.7. The second-order valence-corrected chi connectivity index (χ2v) is 17.6. The number of carbonyl (C=O) groups is 5. The molecule has 0 spiro atoms. The van der Waals surface area contributed by atoms with Crippen molar-refractivity contribution in [2.24, 2.45) is 23.1 Å². The van der Waals surface area contributed by atoms with Crippen molar-refractivity contribution >= 4 is 29.5 Å². The molecule has 3 aromatic rings. The maximum atomic E-state index is 14.6. The second kappa shape index (κ2) is 22.6. The van der Waals surface area contributed by atoms with E-state index >= 15 is 0 Å². The number of rotatable bonds is 15. The van der Waals surface area contributed by atoms with Gasteiger partial charge in [0, 0.05) is 43.6 Å². The van der Waals surface area contributed by atoms with Crippen molar-refractivity contribution in [3.05, 3.63) is 82.9 Å². The first-order valence-electron chi connectivity index (χ1n) is 22.2. The zero-order chi connectivity index (χ0) is 46.6. The van der Waals surface area contributed by atoms with Crippen LogP contribution in [0.3, 0.4) is 0 Å². The summed E-state index contributed by atoms with van der Waals surface area (Å²) in [5.74, 6) is -1.93. The van der Waals surface area contributed by atoms with Crippen LogP contribution in [-0.2, 0) is 35.8 Å². The third-order valence-corrected chi connectivity index (χ3v) is 12.0. The van der Waals surface area contributed by atoms with Gasteiger partial charge in [0.25, 0.3) is 0 Å². The second-order valence-electron chi connectivity index (χ2n) is 17.6. The molecule has 3 aromatic carbocycles. The fourth-order valence-electron chi connectivity index (χ4n) is 8.36. The summed E-state index contributed by atoms with van der Waals surface area (Å²) < 4.78 is 12.2. The number of carbonyl (C=O) groups excluding carboxylic acids is 5. The Bertz CT molecular complexity index is 2160. The minimum Gasteiger partial charge on any atom is -0.492 e. The van der Waals surface area contributed by atoms with E-state index in [2.05, 4.69) is 66.3 Å². The van der Waals surface area contributed by atoms with E-state index in [0.717, 1.165) is 12.8 Å². The van der Waals surface area contributed by atoms with Gasteiger partial charge in [0.05, 0.1) is 6.07 Å². The zero-order valence-corrected chi connectivity index (χ0v) is 37.7. The van der Waals surface area contributed by atoms with Crippen molar-refractivity contribution < 1.29 is 33.4 Å². The molecule has 1 heterocycles. The number of nitrogens with one attached hydrogen (secondary N) is 4. The van der Waals surface area contributed by atoms with Gasteiger partial charge in [0.15, 0.2) is 0 Å². The van der Waals surface area contributed by atoms with Crippen LogP contribution in [0.4, 0.5) is 0 Å². The molecule has 5 amide bonds. The van der Waals surface area contributed by atoms with E-state index in [4.69, 9.17) is 31.9 Å². The van der Waals surface area contributed by atoms with Crippen LogP contribution in [0.15, 0.2) is 60.7 Å². The van der Waals surface area contributed by atoms with E-state index in [1.165, 1.54) is 30.0 Å². The van der Waals surface area contributed by atoms with E-state index in [9.17, 15) is 24.0 Å². The lowest BCUT2D eigenvalue weighted by Crippen LogP contribution is -2.56. The van der Waals surface area contributed by atoms with E-state index in [1.807, 2.05) is 6.07 Å². The van der Waals surface area contributed by atoms with E-state index < -0.39 is 47.8 Å². The molecule has 0 saturated heterocycles. The Kier molecular flexibility index (Phi) is 17.3. The number of hydrogen-bond donors (Lipinski definition) is 7. The quantitative estimate of drug-likeness (QED) is 0.109. The van der Waals surface area contributed by atoms with Gasteiger partial charge in [-0.05, 0) is 103 Å². The Morgan fingerprint density at radius 1 is 0.828 bits per heavy atom. The summed E-state index contributed by atoms with van der Waals surface area (Å²) in [7, 11) is 1.47. The van der Waals surface area contributed by atoms with E-state index in [0.29, 0.717) is 52.5 Å². The molecule has 10 N–H and O–H groups in total. The first-order chi connectivity index (χ1) is 30.6. The van der Waals surface area contributed by atoms with Crippen molar-refractivity contribution in [2.45, 2.75) is 102 Å². The lowest BCUT2D eigenvalue weighted by Gasteiger charge is -2.34. The molecular formula is C48H65N9O7. The summed E-state index contributed by atoms with van der Waals surface area (Å²) in [6.45, 7) is 8.57. The minimum absolute atomic E-state index is 0.0214. The van der Waals surface area contributed by atoms with Crippen LogP contribution in [0.5, 0.6) is 11.5 Å². The first-order valence-corrected chi connectivity index (χ1v) is 22.2. The fraction of sp³-hybridized carbons (Fsp3) is 0.500. The Morgan fingerprint density at radius 3 is 2.03 bits per heavy atom. The number of ether oxygens (including phenoxy) is 2. The number of nitrogens with two attached hydrogens (primary N) is 3. The van der Waals surface area contributed by atoms with Crippen LogP contribution in [0.1, 0.15) is 94.0 Å². The Morgan fingerprint density at radius 2 is 1.44 bits per heavy atom. The van der Waals surface area contributed by atoms with Crippen molar-refractivity contribution in [2.75, 3.05) is 46.4 Å². The minimum atomic E-state index is -1.34. The molecule has 4 bridgehead atoms. The predicted octanol–water partition coefficient (Wildman–Crippen LogP) is 2.82. The number of nitrogens with zero attached hydrogens (tertiary/aromatic N) is 2. The highest BCUT2D eigenvalue weighted by molar-refractivity contribution is 5.96. The summed E-state index contributed by atoms with van der Waals surface area (Å²) in [6, 6.07) is 16.2. The number of fused-ring (bicyclic) bond motifs is 5. The molecule has 4 atom stereocenters. The normalized spacial score (nSPS) is 20.6. The van der Waals surface area contributed by atoms with Crippen LogP contribution < -0.4 is 47.9 Å². The van der Waals surface area contributed by atoms with Crippen LogP contribution >= 0.6 is 0 Å². The standard InChI is InChI=1S/C48H65N9O7/c1-29-43(58)56-39(45(60)53-23-20-50)27-30-6-16-40(63-24-21-51)36(26-30)37-28-34(13-17-41(37)64-25-22-52)42(46(61)54-29)57(5)47(62)38(18-19-49)55-44(59)33-9-7-31(8-10-33)32-11-14-35(15-12-32)48(2,3)4/h6,11-17,26,28-29,31,33,38-39,42H,7-10,18-19,21-25,27,49,51-52H2,1-5H3,(H,53,60)(H,54,61)(H,55,59)(H,56,58)/t29-,31-,33+,38-,39-,42-/m0/s1. The molecule has 16 heteroatoms. The summed E-state index contributed by atoms with van der Waals surface area (Å²) in [5.41, 5.74) is 22.3. The summed E-state index contributed by atoms with van der Waals surface area (Å²) >= 11 is 0. The number of nitriles is 1. The van der Waals surface area contributed by atoms with Crippen LogP contribution in [0.25, 0.3) is 11.1 Å². The average molecular weight is 880 g/mol. The van der Waals surface area contributed by atoms with Crippen molar-refractivity contribution in [3.8, 4) is 28.7 Å². The van der Waals surface area contributed by atoms with Crippen molar-refractivity contribution in [1.29, 1.82) is 5.26 Å². The highest BCUT2D eigenvalue weighted by atomic mass is 16.5. The SMILES string of the molecule is C[C@@H]1NC(=O)[C@@H](N(C)C(=O)[C@H](CCN)NC(=O)[C@H]2CC[C@@H](c3ccc(C(C)(C)C)cc3)CC2)c2ccc(OCCN)c(c2)-c2cc(ccc2OCCN)C[C@@H](C(=O)NCC#N)NC1=O. The smallest absolute Gasteiger partial charge is 0.248 e. The van der Waals surface area contributed by atoms with Gasteiger partial charge >= 0.3 is 0 Å². The predicted molar refractivity (Wildman–Crippen MR) is 244 cm³/mol. The Labute approximate surface area is 376 Å². The molecule has 0 aromatic heterocycles. The highest BCUT2D eigenvalue weighted by Crippen LogP contribution is 2.41. The monoisotopic (exact) mass is 880 g/mol. The number of benzene rings is 3. The molecule has 5 rings (SSSR count). The third-order valence-electron chi connectivity index (χ3n) is 12.0. The molecule has 16 nitrogen and oxygen atoms in total. The number of hydrogen-bond acceptors (Lipinski definition) is 11. The van der Waals surface area contributed by atoms with Gasteiger partial charge in [-0.15, -0.1) is 0 Å². The molecular weight excluding hydrogens is 815 g/mol. The molecule has 2 aliphatic rings. The molecule has 0 unspecified atom stereocenters. The maximum absolute atomic E-state index is 14.6. The van der Waals surface area contributed by atoms with Crippen molar-refractivity contribution in [3.63, 3.8) is 0 Å². The fourth-order valence-corrected chi connectivity index (χ4v) is 8.36. The molecule has 1 aliphatic heterocycles. The van der Waals surface area contributed by atoms with Gasteiger partial charge in [-0.1, -0.05) is 57.2 Å². The van der Waals surface area contributed by atoms with Crippen LogP contribution in [0.2, 0.25) is 0 Å². The molecule has 1 fully saturated rings. The van der Waals surface area contributed by atoms with E-state index in [-0.39, 0.29) is 69.5 Å². The first kappa shape index (κ1) is 49.0. The number of likely N-dealkylation sites (N-methyl/N-ethyl adjacent to an activating group) is 1. The summed E-state index contributed by atoms with van der Waals surface area (Å²) in [5, 5.41) is 20.1. The van der Waals surface area contributed by atoms with E-state index in [1.54, 1.807) is 36.4 Å². The van der Waals surface area contributed by atoms with Crippen LogP contribution in [0, 0.1) is 17.2 Å². The van der Waals surface area contributed by atoms with Crippen LogP contribution in [-0.4, -0.2) is 99.0 Å². The summed E-state index contributed by atoms with van der Waals surface area (Å²) in [6.07, 6.45) is 3.10. The molecule has 64 heavy (non-hydrogen) atoms. The molecule has 344 valence electrons.